The van der Waals surface area contributed by atoms with Crippen molar-refractivity contribution in [2.24, 2.45) is 5.41 Å². The Morgan fingerprint density at radius 3 is 2.63 bits per heavy atom. The monoisotopic (exact) mass is 321 g/mol. The topological polar surface area (TPSA) is 20.3 Å². The lowest BCUT2D eigenvalue weighted by molar-refractivity contribution is 0.0773. The highest BCUT2D eigenvalue weighted by molar-refractivity contribution is 9.10. The Bertz CT molecular complexity index is 485. The molecule has 1 aliphatic carbocycles. The lowest BCUT2D eigenvalue weighted by atomic mass is 9.86. The largest absolute Gasteiger partial charge is 0.338 e. The molecule has 3 heteroatoms. The molecule has 0 atom stereocenters. The highest BCUT2D eigenvalue weighted by Gasteiger charge is 2.41. The molecule has 0 radical (unpaired) electrons. The van der Waals surface area contributed by atoms with Gasteiger partial charge in [0.1, 0.15) is 0 Å². The number of halogens is 1. The summed E-state index contributed by atoms with van der Waals surface area (Å²) in [5.74, 6) is 0.202. The fraction of sp³-hybridized carbons (Fsp3) is 0.562. The zero-order valence-electron chi connectivity index (χ0n) is 11.4. The van der Waals surface area contributed by atoms with Crippen molar-refractivity contribution in [2.75, 3.05) is 13.1 Å². The number of benzene rings is 1. The van der Waals surface area contributed by atoms with Crippen LogP contribution in [0.2, 0.25) is 0 Å². The van der Waals surface area contributed by atoms with Crippen LogP contribution < -0.4 is 0 Å². The van der Waals surface area contributed by atoms with E-state index >= 15 is 0 Å². The van der Waals surface area contributed by atoms with Gasteiger partial charge in [0.2, 0.25) is 0 Å². The van der Waals surface area contributed by atoms with E-state index in [9.17, 15) is 4.79 Å². The summed E-state index contributed by atoms with van der Waals surface area (Å²) in [4.78, 5) is 14.7. The number of carbonyl (C=O) groups excluding carboxylic acids is 1. The molecule has 0 aromatic heterocycles. The molecular formula is C16H20BrNO. The summed E-state index contributed by atoms with van der Waals surface area (Å²) in [6.07, 6.45) is 6.52. The van der Waals surface area contributed by atoms with Gasteiger partial charge in [-0.05, 0) is 55.4 Å². The molecule has 19 heavy (non-hydrogen) atoms. The Morgan fingerprint density at radius 2 is 1.95 bits per heavy atom. The SMILES string of the molecule is Cc1cc(Br)cc(C(=O)N2CCC3(CCCC3)C2)c1. The quantitative estimate of drug-likeness (QED) is 0.760. The normalized spacial score (nSPS) is 21.3. The Balaban J connectivity index is 1.77. The van der Waals surface area contributed by atoms with Gasteiger partial charge in [0, 0.05) is 23.1 Å². The molecule has 2 fully saturated rings. The van der Waals surface area contributed by atoms with E-state index in [1.807, 2.05) is 25.1 Å². The van der Waals surface area contributed by atoms with E-state index in [1.54, 1.807) is 0 Å². The summed E-state index contributed by atoms with van der Waals surface area (Å²) in [7, 11) is 0. The molecule has 3 rings (SSSR count). The minimum atomic E-state index is 0.202. The van der Waals surface area contributed by atoms with Gasteiger partial charge in [-0.2, -0.15) is 0 Å². The minimum absolute atomic E-state index is 0.202. The maximum Gasteiger partial charge on any atom is 0.253 e. The van der Waals surface area contributed by atoms with E-state index in [1.165, 1.54) is 32.1 Å². The van der Waals surface area contributed by atoms with Gasteiger partial charge in [-0.3, -0.25) is 4.79 Å². The molecule has 0 N–H and O–H groups in total. The number of hydrogen-bond donors (Lipinski definition) is 0. The standard InChI is InChI=1S/C16H20BrNO/c1-12-8-13(10-14(17)9-12)15(19)18-7-6-16(11-18)4-2-3-5-16/h8-10H,2-7,11H2,1H3. The molecule has 1 aromatic rings. The van der Waals surface area contributed by atoms with Crippen molar-refractivity contribution in [3.8, 4) is 0 Å². The molecular weight excluding hydrogens is 302 g/mol. The van der Waals surface area contributed by atoms with E-state index in [-0.39, 0.29) is 5.91 Å². The Hall–Kier alpha value is -0.830. The average Bonchev–Trinajstić information content (AvgIpc) is 2.98. The third-order valence-corrected chi connectivity index (χ3v) is 5.14. The van der Waals surface area contributed by atoms with E-state index in [4.69, 9.17) is 0 Å². The van der Waals surface area contributed by atoms with Crippen molar-refractivity contribution >= 4 is 21.8 Å². The average molecular weight is 322 g/mol. The molecule has 1 spiro atoms. The van der Waals surface area contributed by atoms with Crippen LogP contribution in [0.3, 0.4) is 0 Å². The summed E-state index contributed by atoms with van der Waals surface area (Å²) in [5, 5.41) is 0. The van der Waals surface area contributed by atoms with Crippen molar-refractivity contribution in [1.29, 1.82) is 0 Å². The number of rotatable bonds is 1. The molecule has 1 aromatic carbocycles. The van der Waals surface area contributed by atoms with Gasteiger partial charge >= 0.3 is 0 Å². The summed E-state index contributed by atoms with van der Waals surface area (Å²) >= 11 is 3.48. The number of amides is 1. The van der Waals surface area contributed by atoms with E-state index in [2.05, 4.69) is 20.8 Å². The first-order valence-electron chi connectivity index (χ1n) is 7.15. The van der Waals surface area contributed by atoms with Crippen LogP contribution in [0.5, 0.6) is 0 Å². The van der Waals surface area contributed by atoms with Crippen LogP contribution in [0.25, 0.3) is 0 Å². The number of aryl methyl sites for hydroxylation is 1. The minimum Gasteiger partial charge on any atom is -0.338 e. The van der Waals surface area contributed by atoms with Crippen molar-refractivity contribution in [3.05, 3.63) is 33.8 Å². The molecule has 1 heterocycles. The van der Waals surface area contributed by atoms with Crippen LogP contribution in [0, 0.1) is 12.3 Å². The van der Waals surface area contributed by atoms with Gasteiger partial charge in [-0.1, -0.05) is 28.8 Å². The molecule has 1 saturated heterocycles. The van der Waals surface area contributed by atoms with Gasteiger partial charge < -0.3 is 4.90 Å². The fourth-order valence-electron chi connectivity index (χ4n) is 3.68. The smallest absolute Gasteiger partial charge is 0.253 e. The molecule has 1 saturated carbocycles. The molecule has 1 amide bonds. The van der Waals surface area contributed by atoms with Crippen LogP contribution in [0.1, 0.15) is 48.0 Å². The number of nitrogens with zero attached hydrogens (tertiary/aromatic N) is 1. The Morgan fingerprint density at radius 1 is 1.21 bits per heavy atom. The summed E-state index contributed by atoms with van der Waals surface area (Å²) < 4.78 is 0.991. The van der Waals surface area contributed by atoms with Gasteiger partial charge in [-0.25, -0.2) is 0 Å². The third kappa shape index (κ3) is 2.58. The molecule has 0 unspecified atom stereocenters. The second-order valence-electron chi connectivity index (χ2n) is 6.20. The van der Waals surface area contributed by atoms with Gasteiger partial charge in [-0.15, -0.1) is 0 Å². The zero-order valence-corrected chi connectivity index (χ0v) is 13.0. The fourth-order valence-corrected chi connectivity index (χ4v) is 4.29. The first kappa shape index (κ1) is 13.2. The second-order valence-corrected chi connectivity index (χ2v) is 7.12. The first-order chi connectivity index (χ1) is 9.08. The van der Waals surface area contributed by atoms with Gasteiger partial charge in [0.05, 0.1) is 0 Å². The number of hydrogen-bond acceptors (Lipinski definition) is 1. The third-order valence-electron chi connectivity index (χ3n) is 4.68. The number of carbonyl (C=O) groups is 1. The summed E-state index contributed by atoms with van der Waals surface area (Å²) in [6.45, 7) is 3.94. The van der Waals surface area contributed by atoms with Crippen LogP contribution in [0.4, 0.5) is 0 Å². The van der Waals surface area contributed by atoms with Crippen molar-refractivity contribution in [2.45, 2.75) is 39.0 Å². The Kier molecular flexibility index (Phi) is 3.42. The van der Waals surface area contributed by atoms with E-state index in [0.29, 0.717) is 5.41 Å². The van der Waals surface area contributed by atoms with E-state index in [0.717, 1.165) is 28.7 Å². The lowest BCUT2D eigenvalue weighted by Gasteiger charge is -2.23. The molecule has 2 aliphatic rings. The van der Waals surface area contributed by atoms with E-state index < -0.39 is 0 Å². The lowest BCUT2D eigenvalue weighted by Crippen LogP contribution is -2.31. The number of likely N-dealkylation sites (tertiary alicyclic amines) is 1. The highest BCUT2D eigenvalue weighted by atomic mass is 79.9. The maximum atomic E-state index is 12.6. The zero-order chi connectivity index (χ0) is 13.5. The van der Waals surface area contributed by atoms with Gasteiger partial charge in [0.15, 0.2) is 0 Å². The highest BCUT2D eigenvalue weighted by Crippen LogP contribution is 2.45. The predicted octanol–water partition coefficient (Wildman–Crippen LogP) is 4.16. The van der Waals surface area contributed by atoms with Crippen LogP contribution in [0.15, 0.2) is 22.7 Å². The maximum absolute atomic E-state index is 12.6. The molecule has 0 bridgehead atoms. The molecule has 2 nitrogen and oxygen atoms in total. The first-order valence-corrected chi connectivity index (χ1v) is 7.94. The predicted molar refractivity (Wildman–Crippen MR) is 80.3 cm³/mol. The van der Waals surface area contributed by atoms with Crippen LogP contribution in [-0.4, -0.2) is 23.9 Å². The molecule has 102 valence electrons. The van der Waals surface area contributed by atoms with Crippen molar-refractivity contribution in [1.82, 2.24) is 4.90 Å². The van der Waals surface area contributed by atoms with Gasteiger partial charge in [0.25, 0.3) is 5.91 Å². The summed E-state index contributed by atoms with van der Waals surface area (Å²) in [6, 6.07) is 5.97. The van der Waals surface area contributed by atoms with Crippen molar-refractivity contribution < 1.29 is 4.79 Å². The molecule has 1 aliphatic heterocycles. The van der Waals surface area contributed by atoms with Crippen LogP contribution >= 0.6 is 15.9 Å². The second kappa shape index (κ2) is 4.93. The van der Waals surface area contributed by atoms with Crippen LogP contribution in [-0.2, 0) is 0 Å². The Labute approximate surface area is 123 Å². The summed E-state index contributed by atoms with van der Waals surface area (Å²) in [5.41, 5.74) is 2.41. The van der Waals surface area contributed by atoms with Crippen molar-refractivity contribution in [3.63, 3.8) is 0 Å².